The molecular weight excluding hydrogens is 376 g/mol. The van der Waals surface area contributed by atoms with Crippen molar-refractivity contribution in [3.8, 4) is 5.75 Å². The molecule has 1 amide bonds. The lowest BCUT2D eigenvalue weighted by Crippen LogP contribution is -2.16. The second-order valence-electron chi connectivity index (χ2n) is 5.33. The Hall–Kier alpha value is -2.56. The summed E-state index contributed by atoms with van der Waals surface area (Å²) in [5.74, 6) is 0.529. The predicted octanol–water partition coefficient (Wildman–Crippen LogP) is 1.95. The molecule has 136 valence electrons. The lowest BCUT2D eigenvalue weighted by Gasteiger charge is -2.06. The van der Waals surface area contributed by atoms with Gasteiger partial charge in [0, 0.05) is 11.8 Å². The van der Waals surface area contributed by atoms with E-state index < -0.39 is 10.0 Å². The summed E-state index contributed by atoms with van der Waals surface area (Å²) in [6.45, 7) is 0. The second kappa shape index (κ2) is 7.36. The average Bonchev–Trinajstić information content (AvgIpc) is 3.01. The first-order chi connectivity index (χ1) is 12.3. The molecule has 10 heteroatoms. The number of nitrogens with two attached hydrogens (primary N) is 1. The Morgan fingerprint density at radius 2 is 2.12 bits per heavy atom. The van der Waals surface area contributed by atoms with E-state index in [-0.39, 0.29) is 16.6 Å². The molecule has 0 aliphatic heterocycles. The van der Waals surface area contributed by atoms with Crippen LogP contribution in [0.1, 0.15) is 0 Å². The van der Waals surface area contributed by atoms with Crippen LogP contribution in [-0.2, 0) is 14.8 Å². The number of anilines is 1. The fraction of sp³-hybridized carbons (Fsp3) is 0.125. The number of nitrogens with one attached hydrogen (secondary N) is 2. The number of sulfonamides is 1. The number of imidazole rings is 1. The number of amides is 1. The first-order valence-corrected chi connectivity index (χ1v) is 9.97. The van der Waals surface area contributed by atoms with Crippen LogP contribution in [0.2, 0.25) is 0 Å². The Labute approximate surface area is 154 Å². The number of hydrogen-bond acceptors (Lipinski definition) is 6. The number of rotatable bonds is 6. The molecule has 0 saturated heterocycles. The first-order valence-electron chi connectivity index (χ1n) is 7.44. The van der Waals surface area contributed by atoms with Crippen molar-refractivity contribution in [1.82, 2.24) is 9.97 Å². The molecule has 1 aromatic heterocycles. The summed E-state index contributed by atoms with van der Waals surface area (Å²) in [5.41, 5.74) is 1.94. The molecule has 0 spiro atoms. The van der Waals surface area contributed by atoms with Crippen LogP contribution < -0.4 is 15.2 Å². The van der Waals surface area contributed by atoms with Gasteiger partial charge in [0.1, 0.15) is 5.75 Å². The molecule has 0 saturated carbocycles. The summed E-state index contributed by atoms with van der Waals surface area (Å²) in [5, 5.41) is 8.32. The molecule has 2 aromatic carbocycles. The maximum atomic E-state index is 12.1. The van der Waals surface area contributed by atoms with Crippen molar-refractivity contribution in [1.29, 1.82) is 0 Å². The zero-order valence-corrected chi connectivity index (χ0v) is 15.4. The number of carbonyl (C=O) groups is 1. The number of methoxy groups -OCH3 is 1. The first kappa shape index (κ1) is 18.2. The third kappa shape index (κ3) is 4.34. The summed E-state index contributed by atoms with van der Waals surface area (Å²) < 4.78 is 27.9. The molecule has 3 aromatic rings. The van der Waals surface area contributed by atoms with E-state index in [4.69, 9.17) is 9.88 Å². The van der Waals surface area contributed by atoms with E-state index in [1.54, 1.807) is 13.2 Å². The topological polar surface area (TPSA) is 127 Å². The van der Waals surface area contributed by atoms with Gasteiger partial charge in [-0.25, -0.2) is 18.5 Å². The van der Waals surface area contributed by atoms with Gasteiger partial charge in [-0.3, -0.25) is 4.79 Å². The van der Waals surface area contributed by atoms with Gasteiger partial charge in [0.2, 0.25) is 15.9 Å². The number of fused-ring (bicyclic) bond motifs is 1. The minimum absolute atomic E-state index is 0.0609. The lowest BCUT2D eigenvalue weighted by atomic mass is 10.3. The molecule has 8 nitrogen and oxygen atoms in total. The predicted molar refractivity (Wildman–Crippen MR) is 99.8 cm³/mol. The highest BCUT2D eigenvalue weighted by Gasteiger charge is 2.11. The number of benzene rings is 2. The number of aromatic nitrogens is 2. The molecule has 0 fully saturated rings. The molecule has 0 bridgehead atoms. The maximum absolute atomic E-state index is 12.1. The van der Waals surface area contributed by atoms with Gasteiger partial charge in [-0.1, -0.05) is 17.8 Å². The molecule has 26 heavy (non-hydrogen) atoms. The Balaban J connectivity index is 1.64. The van der Waals surface area contributed by atoms with Gasteiger partial charge in [0.15, 0.2) is 5.16 Å². The fourth-order valence-electron chi connectivity index (χ4n) is 2.24. The normalized spacial score (nSPS) is 11.5. The second-order valence-corrected chi connectivity index (χ2v) is 7.86. The number of carbonyl (C=O) groups excluding carboxylic acids is 1. The zero-order chi connectivity index (χ0) is 18.7. The Morgan fingerprint density at radius 1 is 1.31 bits per heavy atom. The van der Waals surface area contributed by atoms with Crippen molar-refractivity contribution >= 4 is 44.4 Å². The molecule has 0 unspecified atom stereocenters. The summed E-state index contributed by atoms with van der Waals surface area (Å²) >= 11 is 1.23. The third-order valence-electron chi connectivity index (χ3n) is 3.45. The number of nitrogens with zero attached hydrogens (tertiary/aromatic N) is 1. The Kier molecular flexibility index (Phi) is 5.16. The van der Waals surface area contributed by atoms with Crippen LogP contribution in [0, 0.1) is 0 Å². The van der Waals surface area contributed by atoms with Crippen molar-refractivity contribution in [3.05, 3.63) is 42.5 Å². The number of aromatic amines is 1. The molecule has 0 aliphatic rings. The van der Waals surface area contributed by atoms with Crippen molar-refractivity contribution in [2.24, 2.45) is 5.14 Å². The highest BCUT2D eigenvalue weighted by Crippen LogP contribution is 2.23. The molecule has 1 heterocycles. The van der Waals surface area contributed by atoms with Crippen molar-refractivity contribution in [2.45, 2.75) is 10.1 Å². The van der Waals surface area contributed by atoms with E-state index in [0.29, 0.717) is 16.6 Å². The number of primary sulfonamides is 1. The van der Waals surface area contributed by atoms with Gasteiger partial charge >= 0.3 is 0 Å². The van der Waals surface area contributed by atoms with Crippen LogP contribution in [0.5, 0.6) is 5.75 Å². The molecule has 3 rings (SSSR count). The van der Waals surface area contributed by atoms with E-state index in [1.165, 1.54) is 30.0 Å². The van der Waals surface area contributed by atoms with Gasteiger partial charge < -0.3 is 15.0 Å². The van der Waals surface area contributed by atoms with E-state index in [0.717, 1.165) is 11.0 Å². The van der Waals surface area contributed by atoms with Crippen LogP contribution >= 0.6 is 11.8 Å². The van der Waals surface area contributed by atoms with Crippen molar-refractivity contribution in [2.75, 3.05) is 18.2 Å². The monoisotopic (exact) mass is 392 g/mol. The lowest BCUT2D eigenvalue weighted by molar-refractivity contribution is -0.113. The molecule has 0 aliphatic carbocycles. The van der Waals surface area contributed by atoms with Crippen LogP contribution in [0.25, 0.3) is 11.0 Å². The standard InChI is InChI=1S/C16H16N4O4S2/c1-24-11-5-6-13-14(8-11)20-16(19-13)25-9-15(21)18-10-3-2-4-12(7-10)26(17,22)23/h2-8H,9H2,1H3,(H,18,21)(H,19,20)(H2,17,22,23). The van der Waals surface area contributed by atoms with Gasteiger partial charge in [0.05, 0.1) is 28.8 Å². The minimum atomic E-state index is -3.82. The summed E-state index contributed by atoms with van der Waals surface area (Å²) in [6.07, 6.45) is 0. The average molecular weight is 392 g/mol. The number of thioether (sulfide) groups is 1. The number of ether oxygens (including phenoxy) is 1. The largest absolute Gasteiger partial charge is 0.497 e. The number of H-pyrrole nitrogens is 1. The van der Waals surface area contributed by atoms with Gasteiger partial charge in [-0.05, 0) is 30.3 Å². The van der Waals surface area contributed by atoms with Crippen molar-refractivity contribution in [3.63, 3.8) is 0 Å². The van der Waals surface area contributed by atoms with E-state index in [2.05, 4.69) is 15.3 Å². The fourth-order valence-corrected chi connectivity index (χ4v) is 3.49. The SMILES string of the molecule is COc1ccc2nc(SCC(=O)Nc3cccc(S(N)(=O)=O)c3)[nH]c2c1. The van der Waals surface area contributed by atoms with E-state index in [1.807, 2.05) is 18.2 Å². The summed E-state index contributed by atoms with van der Waals surface area (Å²) in [6, 6.07) is 11.2. The highest BCUT2D eigenvalue weighted by atomic mass is 32.2. The smallest absolute Gasteiger partial charge is 0.238 e. The molecular formula is C16H16N4O4S2. The highest BCUT2D eigenvalue weighted by molar-refractivity contribution is 7.99. The molecule has 0 radical (unpaired) electrons. The zero-order valence-electron chi connectivity index (χ0n) is 13.7. The van der Waals surface area contributed by atoms with Crippen LogP contribution in [0.15, 0.2) is 52.5 Å². The summed E-state index contributed by atoms with van der Waals surface area (Å²) in [4.78, 5) is 19.5. The van der Waals surface area contributed by atoms with Crippen LogP contribution in [0.3, 0.4) is 0 Å². The van der Waals surface area contributed by atoms with Crippen LogP contribution in [-0.4, -0.2) is 37.2 Å². The Morgan fingerprint density at radius 3 is 2.85 bits per heavy atom. The molecule has 0 atom stereocenters. The number of hydrogen-bond donors (Lipinski definition) is 3. The van der Waals surface area contributed by atoms with Crippen LogP contribution in [0.4, 0.5) is 5.69 Å². The maximum Gasteiger partial charge on any atom is 0.238 e. The van der Waals surface area contributed by atoms with E-state index in [9.17, 15) is 13.2 Å². The van der Waals surface area contributed by atoms with E-state index >= 15 is 0 Å². The summed E-state index contributed by atoms with van der Waals surface area (Å²) in [7, 11) is -2.23. The van der Waals surface area contributed by atoms with Gasteiger partial charge in [-0.15, -0.1) is 0 Å². The van der Waals surface area contributed by atoms with Crippen molar-refractivity contribution < 1.29 is 17.9 Å². The molecule has 4 N–H and O–H groups in total. The Bertz CT molecular complexity index is 1060. The van der Waals surface area contributed by atoms with Gasteiger partial charge in [-0.2, -0.15) is 0 Å². The van der Waals surface area contributed by atoms with Gasteiger partial charge in [0.25, 0.3) is 0 Å². The minimum Gasteiger partial charge on any atom is -0.497 e. The third-order valence-corrected chi connectivity index (χ3v) is 5.24. The quantitative estimate of drug-likeness (QED) is 0.550.